The van der Waals surface area contributed by atoms with Gasteiger partial charge in [-0.2, -0.15) is 5.10 Å². The Morgan fingerprint density at radius 3 is 2.78 bits per heavy atom. The van der Waals surface area contributed by atoms with Crippen LogP contribution < -0.4 is 14.8 Å². The topological polar surface area (TPSA) is 109 Å². The monoisotopic (exact) mass is 433 g/mol. The molecule has 5 rings (SSSR count). The number of hydrogen-bond donors (Lipinski definition) is 2. The second-order valence-electron chi connectivity index (χ2n) is 7.82. The van der Waals surface area contributed by atoms with Gasteiger partial charge in [-0.05, 0) is 43.2 Å². The zero-order chi connectivity index (χ0) is 21.9. The molecular formula is C23H23N5O4. The Morgan fingerprint density at radius 2 is 1.94 bits per heavy atom. The van der Waals surface area contributed by atoms with Crippen LogP contribution in [0.1, 0.15) is 23.3 Å². The Morgan fingerprint density at radius 1 is 1.06 bits per heavy atom. The van der Waals surface area contributed by atoms with Crippen LogP contribution in [0.2, 0.25) is 0 Å². The lowest BCUT2D eigenvalue weighted by Crippen LogP contribution is -2.43. The predicted molar refractivity (Wildman–Crippen MR) is 117 cm³/mol. The van der Waals surface area contributed by atoms with E-state index in [0.29, 0.717) is 60.6 Å². The SMILES string of the molecule is O=C(Nc1ccc2c(c1)OCCO2)C1CCCN(C(=O)c2cc(-c3ccccn3)n[nH]2)C1. The average molecular weight is 433 g/mol. The van der Waals surface area contributed by atoms with Crippen molar-refractivity contribution >= 4 is 17.5 Å². The molecule has 1 aromatic carbocycles. The van der Waals surface area contributed by atoms with Crippen LogP contribution in [0.3, 0.4) is 0 Å². The highest BCUT2D eigenvalue weighted by atomic mass is 16.6. The number of carbonyl (C=O) groups excluding carboxylic acids is 2. The number of hydrogen-bond acceptors (Lipinski definition) is 6. The molecule has 9 nitrogen and oxygen atoms in total. The van der Waals surface area contributed by atoms with E-state index >= 15 is 0 Å². The Kier molecular flexibility index (Phi) is 5.45. The van der Waals surface area contributed by atoms with E-state index in [1.807, 2.05) is 18.2 Å². The molecule has 164 valence electrons. The number of likely N-dealkylation sites (tertiary alicyclic amines) is 1. The molecule has 0 aliphatic carbocycles. The Bertz CT molecular complexity index is 1130. The highest BCUT2D eigenvalue weighted by Crippen LogP contribution is 2.33. The third-order valence-electron chi connectivity index (χ3n) is 5.62. The maximum atomic E-state index is 13.0. The van der Waals surface area contributed by atoms with Crippen LogP contribution in [0, 0.1) is 5.92 Å². The summed E-state index contributed by atoms with van der Waals surface area (Å²) in [7, 11) is 0. The third kappa shape index (κ3) is 4.14. The van der Waals surface area contributed by atoms with Gasteiger partial charge in [0.15, 0.2) is 11.5 Å². The van der Waals surface area contributed by atoms with Crippen LogP contribution in [0.5, 0.6) is 11.5 Å². The number of nitrogens with zero attached hydrogens (tertiary/aromatic N) is 3. The van der Waals surface area contributed by atoms with Gasteiger partial charge in [-0.1, -0.05) is 6.07 Å². The largest absolute Gasteiger partial charge is 0.486 e. The number of pyridine rings is 1. The van der Waals surface area contributed by atoms with Gasteiger partial charge in [-0.15, -0.1) is 0 Å². The van der Waals surface area contributed by atoms with E-state index in [4.69, 9.17) is 9.47 Å². The lowest BCUT2D eigenvalue weighted by atomic mass is 9.96. The lowest BCUT2D eigenvalue weighted by Gasteiger charge is -2.31. The molecule has 32 heavy (non-hydrogen) atoms. The van der Waals surface area contributed by atoms with E-state index in [9.17, 15) is 9.59 Å². The number of ether oxygens (including phenoxy) is 2. The summed E-state index contributed by atoms with van der Waals surface area (Å²) in [5.41, 5.74) is 2.34. The third-order valence-corrected chi connectivity index (χ3v) is 5.62. The van der Waals surface area contributed by atoms with Gasteiger partial charge in [0.2, 0.25) is 5.91 Å². The molecule has 2 N–H and O–H groups in total. The van der Waals surface area contributed by atoms with E-state index in [1.165, 1.54) is 0 Å². The molecule has 1 unspecified atom stereocenters. The molecular weight excluding hydrogens is 410 g/mol. The van der Waals surface area contributed by atoms with Crippen molar-refractivity contribution in [1.29, 1.82) is 0 Å². The van der Waals surface area contributed by atoms with Gasteiger partial charge < -0.3 is 19.7 Å². The molecule has 2 amide bonds. The Balaban J connectivity index is 1.24. The van der Waals surface area contributed by atoms with Gasteiger partial charge in [0.05, 0.1) is 11.6 Å². The number of H-pyrrole nitrogens is 1. The van der Waals surface area contributed by atoms with Crippen LogP contribution >= 0.6 is 0 Å². The predicted octanol–water partition coefficient (Wildman–Crippen LogP) is 2.73. The molecule has 1 fully saturated rings. The second kappa shape index (κ2) is 8.70. The molecule has 2 aromatic heterocycles. The maximum Gasteiger partial charge on any atom is 0.271 e. The van der Waals surface area contributed by atoms with Gasteiger partial charge in [0.1, 0.15) is 24.6 Å². The standard InChI is InChI=1S/C23H23N5O4/c29-22(25-16-6-7-20-21(12-16)32-11-10-31-20)15-4-3-9-28(14-15)23(30)19-13-18(26-27-19)17-5-1-2-8-24-17/h1-2,5-8,12-13,15H,3-4,9-11,14H2,(H,25,29)(H,26,27). The number of rotatable bonds is 4. The number of benzene rings is 1. The normalized spacial score (nSPS) is 17.6. The lowest BCUT2D eigenvalue weighted by molar-refractivity contribution is -0.121. The van der Waals surface area contributed by atoms with Crippen molar-refractivity contribution in [1.82, 2.24) is 20.1 Å². The summed E-state index contributed by atoms with van der Waals surface area (Å²) in [6.07, 6.45) is 3.16. The van der Waals surface area contributed by atoms with E-state index in [0.717, 1.165) is 12.8 Å². The summed E-state index contributed by atoms with van der Waals surface area (Å²) in [5, 5.41) is 9.96. The van der Waals surface area contributed by atoms with E-state index in [2.05, 4.69) is 20.5 Å². The van der Waals surface area contributed by atoms with E-state index in [-0.39, 0.29) is 17.7 Å². The van der Waals surface area contributed by atoms with Crippen molar-refractivity contribution in [2.45, 2.75) is 12.8 Å². The minimum Gasteiger partial charge on any atom is -0.486 e. The first-order valence-corrected chi connectivity index (χ1v) is 10.6. The molecule has 4 heterocycles. The molecule has 1 saturated heterocycles. The summed E-state index contributed by atoms with van der Waals surface area (Å²) < 4.78 is 11.1. The first-order chi connectivity index (χ1) is 15.7. The van der Waals surface area contributed by atoms with Gasteiger partial charge in [-0.3, -0.25) is 19.7 Å². The van der Waals surface area contributed by atoms with Crippen LogP contribution in [0.4, 0.5) is 5.69 Å². The number of aromatic amines is 1. The minimum absolute atomic E-state index is 0.113. The molecule has 0 radical (unpaired) electrons. The maximum absolute atomic E-state index is 13.0. The molecule has 1 atom stereocenters. The summed E-state index contributed by atoms with van der Waals surface area (Å²) in [6, 6.07) is 12.6. The molecule has 0 bridgehead atoms. The summed E-state index contributed by atoms with van der Waals surface area (Å²) in [6.45, 7) is 1.96. The number of fused-ring (bicyclic) bond motifs is 1. The van der Waals surface area contributed by atoms with Crippen LogP contribution in [-0.4, -0.2) is 58.2 Å². The highest BCUT2D eigenvalue weighted by Gasteiger charge is 2.30. The van der Waals surface area contributed by atoms with Crippen LogP contribution in [0.25, 0.3) is 11.4 Å². The van der Waals surface area contributed by atoms with Gasteiger partial charge in [-0.25, -0.2) is 0 Å². The van der Waals surface area contributed by atoms with Gasteiger partial charge in [0.25, 0.3) is 5.91 Å². The fourth-order valence-corrected chi connectivity index (χ4v) is 3.99. The van der Waals surface area contributed by atoms with Crippen molar-refractivity contribution in [3.05, 3.63) is 54.4 Å². The molecule has 0 saturated carbocycles. The Hall–Kier alpha value is -3.88. The molecule has 9 heteroatoms. The second-order valence-corrected chi connectivity index (χ2v) is 7.82. The fourth-order valence-electron chi connectivity index (χ4n) is 3.99. The van der Waals surface area contributed by atoms with Crippen LogP contribution in [0.15, 0.2) is 48.7 Å². The van der Waals surface area contributed by atoms with Crippen molar-refractivity contribution in [3.8, 4) is 22.9 Å². The minimum atomic E-state index is -0.293. The van der Waals surface area contributed by atoms with Crippen molar-refractivity contribution in [2.24, 2.45) is 5.92 Å². The van der Waals surface area contributed by atoms with Crippen molar-refractivity contribution < 1.29 is 19.1 Å². The van der Waals surface area contributed by atoms with Crippen LogP contribution in [-0.2, 0) is 4.79 Å². The quantitative estimate of drug-likeness (QED) is 0.655. The summed E-state index contributed by atoms with van der Waals surface area (Å²) in [4.78, 5) is 31.8. The van der Waals surface area contributed by atoms with Crippen molar-refractivity contribution in [2.75, 3.05) is 31.6 Å². The number of carbonyl (C=O) groups is 2. The number of anilines is 1. The highest BCUT2D eigenvalue weighted by molar-refractivity contribution is 5.96. The zero-order valence-corrected chi connectivity index (χ0v) is 17.4. The molecule has 2 aliphatic heterocycles. The summed E-state index contributed by atoms with van der Waals surface area (Å²) in [5.74, 6) is 0.722. The molecule has 0 spiro atoms. The molecule has 3 aromatic rings. The number of piperidine rings is 1. The Labute approximate surface area is 184 Å². The van der Waals surface area contributed by atoms with Gasteiger partial charge >= 0.3 is 0 Å². The van der Waals surface area contributed by atoms with Crippen molar-refractivity contribution in [3.63, 3.8) is 0 Å². The number of aromatic nitrogens is 3. The first kappa shape index (κ1) is 20.0. The smallest absolute Gasteiger partial charge is 0.271 e. The summed E-state index contributed by atoms with van der Waals surface area (Å²) >= 11 is 0. The molecule has 2 aliphatic rings. The number of amides is 2. The van der Waals surface area contributed by atoms with E-state index in [1.54, 1.807) is 35.4 Å². The first-order valence-electron chi connectivity index (χ1n) is 10.6. The number of nitrogens with one attached hydrogen (secondary N) is 2. The zero-order valence-electron chi connectivity index (χ0n) is 17.4. The van der Waals surface area contributed by atoms with E-state index < -0.39 is 0 Å². The van der Waals surface area contributed by atoms with Gasteiger partial charge in [0, 0.05) is 31.0 Å². The fraction of sp³-hybridized carbons (Fsp3) is 0.304. The average Bonchev–Trinajstić information content (AvgIpc) is 3.34.